The molecular weight excluding hydrogens is 436 g/mol. The lowest BCUT2D eigenvalue weighted by Crippen LogP contribution is -2.07. The molecule has 160 valence electrons. The molecule has 1 aliphatic rings. The van der Waals surface area contributed by atoms with E-state index in [0.29, 0.717) is 23.8 Å². The van der Waals surface area contributed by atoms with Crippen LogP contribution in [0.3, 0.4) is 0 Å². The second-order valence-corrected chi connectivity index (χ2v) is 7.20. The summed E-state index contributed by atoms with van der Waals surface area (Å²) in [6, 6.07) is 12.5. The van der Waals surface area contributed by atoms with Gasteiger partial charge in [-0.1, -0.05) is 28.8 Å². The van der Waals surface area contributed by atoms with Crippen molar-refractivity contribution in [2.45, 2.75) is 6.54 Å². The second-order valence-electron chi connectivity index (χ2n) is 6.59. The summed E-state index contributed by atoms with van der Waals surface area (Å²) >= 11 is 1.28. The van der Waals surface area contributed by atoms with Crippen molar-refractivity contribution in [1.82, 2.24) is 19.6 Å². The smallest absolute Gasteiger partial charge is 0.373 e. The molecule has 12 heteroatoms. The van der Waals surface area contributed by atoms with Gasteiger partial charge in [0, 0.05) is 23.6 Å². The average Bonchev–Trinajstić information content (AvgIpc) is 3.50. The Morgan fingerprint density at radius 3 is 2.75 bits per heavy atom. The lowest BCUT2D eigenvalue weighted by atomic mass is 10.1. The summed E-state index contributed by atoms with van der Waals surface area (Å²) in [5, 5.41) is 20.6. The summed E-state index contributed by atoms with van der Waals surface area (Å²) in [6.45, 7) is 0.430. The van der Waals surface area contributed by atoms with Gasteiger partial charge in [0.1, 0.15) is 17.8 Å². The first-order valence-electron chi connectivity index (χ1n) is 9.34. The molecule has 1 aliphatic heterocycles. The summed E-state index contributed by atoms with van der Waals surface area (Å²) in [7, 11) is 0. The van der Waals surface area contributed by atoms with Gasteiger partial charge >= 0.3 is 11.6 Å². The minimum absolute atomic E-state index is 0.0496. The van der Waals surface area contributed by atoms with Crippen molar-refractivity contribution in [3.8, 4) is 34.4 Å². The van der Waals surface area contributed by atoms with E-state index in [1.807, 2.05) is 29.6 Å². The van der Waals surface area contributed by atoms with Gasteiger partial charge in [-0.15, -0.1) is 5.10 Å². The Hall–Kier alpha value is -4.32. The second kappa shape index (κ2) is 8.43. The summed E-state index contributed by atoms with van der Waals surface area (Å²) in [5.74, 6) is 1.27. The number of ether oxygens (including phenoxy) is 3. The van der Waals surface area contributed by atoms with E-state index in [-0.39, 0.29) is 24.2 Å². The summed E-state index contributed by atoms with van der Waals surface area (Å²) in [6.07, 6.45) is 1.20. The molecule has 0 radical (unpaired) electrons. The van der Waals surface area contributed by atoms with E-state index < -0.39 is 4.92 Å². The van der Waals surface area contributed by atoms with Crippen molar-refractivity contribution >= 4 is 23.0 Å². The Morgan fingerprint density at radius 2 is 1.97 bits per heavy atom. The first kappa shape index (κ1) is 19.6. The van der Waals surface area contributed by atoms with Crippen LogP contribution in [0.15, 0.2) is 54.2 Å². The van der Waals surface area contributed by atoms with Crippen LogP contribution in [-0.4, -0.2) is 31.3 Å². The predicted octanol–water partition coefficient (Wildman–Crippen LogP) is 4.04. The van der Waals surface area contributed by atoms with Crippen LogP contribution >= 0.6 is 11.5 Å². The van der Waals surface area contributed by atoms with Crippen LogP contribution in [0.1, 0.15) is 5.56 Å². The van der Waals surface area contributed by atoms with Crippen molar-refractivity contribution < 1.29 is 19.1 Å². The highest BCUT2D eigenvalue weighted by Crippen LogP contribution is 2.39. The predicted molar refractivity (Wildman–Crippen MR) is 114 cm³/mol. The number of fused-ring (bicyclic) bond motifs is 1. The minimum atomic E-state index is -0.580. The van der Waals surface area contributed by atoms with Crippen LogP contribution in [0.4, 0.5) is 11.5 Å². The molecule has 4 aromatic rings. The van der Waals surface area contributed by atoms with Crippen molar-refractivity contribution in [1.29, 1.82) is 0 Å². The normalized spacial score (nSPS) is 11.9. The van der Waals surface area contributed by atoms with E-state index in [0.717, 1.165) is 16.8 Å². The van der Waals surface area contributed by atoms with Gasteiger partial charge in [0.15, 0.2) is 11.5 Å². The van der Waals surface area contributed by atoms with Gasteiger partial charge in [-0.05, 0) is 29.2 Å². The number of aromatic nitrogens is 4. The number of nitrogens with one attached hydrogen (secondary N) is 1. The van der Waals surface area contributed by atoms with E-state index in [9.17, 15) is 10.1 Å². The van der Waals surface area contributed by atoms with E-state index >= 15 is 0 Å². The maximum Gasteiger partial charge on any atom is 0.373 e. The van der Waals surface area contributed by atoms with Gasteiger partial charge in [0.25, 0.3) is 0 Å². The highest BCUT2D eigenvalue weighted by Gasteiger charge is 2.25. The van der Waals surface area contributed by atoms with Crippen LogP contribution in [-0.2, 0) is 6.54 Å². The van der Waals surface area contributed by atoms with Crippen LogP contribution in [0.5, 0.6) is 23.1 Å². The number of nitro groups is 1. The minimum Gasteiger partial charge on any atom is -0.454 e. The SMILES string of the molecule is O=[N+]([O-])c1c(NCc2ccc(-c3csnn3)cc2)ncnc1Oc1ccc2c(c1)OCO2. The topological polar surface area (TPSA) is 134 Å². The molecular formula is C20H14N6O5S. The molecule has 5 rings (SSSR count). The van der Waals surface area contributed by atoms with Gasteiger partial charge in [-0.25, -0.2) is 4.98 Å². The van der Waals surface area contributed by atoms with Crippen molar-refractivity contribution in [3.05, 3.63) is 69.8 Å². The third-order valence-corrected chi connectivity index (χ3v) is 5.10. The maximum atomic E-state index is 11.8. The van der Waals surface area contributed by atoms with Crippen LogP contribution in [0.2, 0.25) is 0 Å². The number of hydrogen-bond acceptors (Lipinski definition) is 11. The van der Waals surface area contributed by atoms with Crippen molar-refractivity contribution in [2.24, 2.45) is 0 Å². The average molecular weight is 450 g/mol. The molecule has 0 fully saturated rings. The van der Waals surface area contributed by atoms with Crippen LogP contribution in [0, 0.1) is 10.1 Å². The number of anilines is 1. The van der Waals surface area contributed by atoms with Crippen molar-refractivity contribution in [3.63, 3.8) is 0 Å². The summed E-state index contributed by atoms with van der Waals surface area (Å²) in [4.78, 5) is 19.1. The third-order valence-electron chi connectivity index (χ3n) is 4.60. The van der Waals surface area contributed by atoms with Gasteiger partial charge in [-0.3, -0.25) is 10.1 Å². The molecule has 2 aromatic heterocycles. The fraction of sp³-hybridized carbons (Fsp3) is 0.100. The van der Waals surface area contributed by atoms with Gasteiger partial charge in [0.2, 0.25) is 12.6 Å². The van der Waals surface area contributed by atoms with Gasteiger partial charge in [0.05, 0.1) is 4.92 Å². The molecule has 0 unspecified atom stereocenters. The molecule has 0 saturated heterocycles. The Bertz CT molecular complexity index is 1270. The zero-order valence-corrected chi connectivity index (χ0v) is 17.1. The molecule has 3 heterocycles. The standard InChI is InChI=1S/C20H14N6O5S/c27-26(28)18-19(21-8-12-1-3-13(4-2-12)15-9-32-25-24-15)22-10-23-20(18)31-14-5-6-16-17(7-14)30-11-29-16/h1-7,9-10H,8,11H2,(H,21,22,23). The summed E-state index contributed by atoms with van der Waals surface area (Å²) < 4.78 is 20.1. The number of benzene rings is 2. The Balaban J connectivity index is 1.34. The fourth-order valence-corrected chi connectivity index (χ4v) is 3.52. The molecule has 2 aromatic carbocycles. The number of nitrogens with zero attached hydrogens (tertiary/aromatic N) is 5. The molecule has 0 amide bonds. The zero-order valence-electron chi connectivity index (χ0n) is 16.3. The van der Waals surface area contributed by atoms with Crippen LogP contribution in [0.25, 0.3) is 11.3 Å². The highest BCUT2D eigenvalue weighted by molar-refractivity contribution is 7.03. The molecule has 0 bridgehead atoms. The van der Waals surface area contributed by atoms with Crippen molar-refractivity contribution in [2.75, 3.05) is 12.1 Å². The lowest BCUT2D eigenvalue weighted by Gasteiger charge is -2.10. The monoisotopic (exact) mass is 450 g/mol. The van der Waals surface area contributed by atoms with E-state index in [1.54, 1.807) is 18.2 Å². The lowest BCUT2D eigenvalue weighted by molar-refractivity contribution is -0.385. The van der Waals surface area contributed by atoms with Gasteiger partial charge < -0.3 is 19.5 Å². The quantitative estimate of drug-likeness (QED) is 0.325. The van der Waals surface area contributed by atoms with E-state index in [2.05, 4.69) is 24.9 Å². The molecule has 0 spiro atoms. The molecule has 11 nitrogen and oxygen atoms in total. The highest BCUT2D eigenvalue weighted by atomic mass is 32.1. The van der Waals surface area contributed by atoms with Gasteiger partial charge in [-0.2, -0.15) is 4.98 Å². The third kappa shape index (κ3) is 3.98. The molecule has 1 N–H and O–H groups in total. The van der Waals surface area contributed by atoms with E-state index in [1.165, 1.54) is 17.9 Å². The number of rotatable bonds is 7. The first-order valence-corrected chi connectivity index (χ1v) is 10.2. The van der Waals surface area contributed by atoms with E-state index in [4.69, 9.17) is 14.2 Å². The number of hydrogen-bond donors (Lipinski definition) is 1. The molecule has 0 saturated carbocycles. The first-order chi connectivity index (χ1) is 15.7. The fourth-order valence-electron chi connectivity index (χ4n) is 3.05. The zero-order chi connectivity index (χ0) is 21.9. The molecule has 0 aliphatic carbocycles. The molecule has 0 atom stereocenters. The maximum absolute atomic E-state index is 11.8. The summed E-state index contributed by atoms with van der Waals surface area (Å²) in [5.41, 5.74) is 2.28. The molecule has 32 heavy (non-hydrogen) atoms. The Kier molecular flexibility index (Phi) is 5.17. The largest absolute Gasteiger partial charge is 0.454 e. The Morgan fingerprint density at radius 1 is 1.12 bits per heavy atom. The Labute approximate surface area is 184 Å². The van der Waals surface area contributed by atoms with Crippen LogP contribution < -0.4 is 19.5 Å².